The highest BCUT2D eigenvalue weighted by Crippen LogP contribution is 2.37. The molecule has 2 aliphatic heterocycles. The van der Waals surface area contributed by atoms with Crippen molar-refractivity contribution in [2.24, 2.45) is 35.3 Å². The normalized spacial score (nSPS) is 16.0. The van der Waals surface area contributed by atoms with Crippen molar-refractivity contribution in [3.63, 3.8) is 0 Å². The van der Waals surface area contributed by atoms with E-state index in [-0.39, 0.29) is 65.6 Å². The number of nitrogens with zero attached hydrogens (tertiary/aromatic N) is 8. The lowest BCUT2D eigenvalue weighted by Crippen LogP contribution is -2.45. The number of halogens is 1. The average molecular weight is 1270 g/mol. The molecule has 0 saturated carbocycles. The molecule has 19 nitrogen and oxygen atoms in total. The second-order valence-electron chi connectivity index (χ2n) is 23.9. The number of carboxylic acids is 2. The first-order valence-corrected chi connectivity index (χ1v) is 31.2. The first kappa shape index (κ1) is 66.1. The van der Waals surface area contributed by atoms with Gasteiger partial charge in [-0.1, -0.05) is 102 Å². The summed E-state index contributed by atoms with van der Waals surface area (Å²) >= 11 is 3.27. The van der Waals surface area contributed by atoms with Crippen molar-refractivity contribution in [1.82, 2.24) is 49.7 Å². The van der Waals surface area contributed by atoms with Gasteiger partial charge in [0.2, 0.25) is 11.8 Å². The van der Waals surface area contributed by atoms with Crippen molar-refractivity contribution < 1.29 is 29.4 Å². The Morgan fingerprint density at radius 3 is 1.51 bits per heavy atom. The van der Waals surface area contributed by atoms with Gasteiger partial charge in [0.05, 0.1) is 40.9 Å². The van der Waals surface area contributed by atoms with Crippen LogP contribution in [0.1, 0.15) is 110 Å². The van der Waals surface area contributed by atoms with E-state index in [4.69, 9.17) is 25.9 Å². The number of amides is 2. The van der Waals surface area contributed by atoms with Crippen molar-refractivity contribution in [3.05, 3.63) is 181 Å². The molecule has 466 valence electrons. The highest BCUT2D eigenvalue weighted by Gasteiger charge is 2.38. The zero-order valence-electron chi connectivity index (χ0n) is 51.8. The van der Waals surface area contributed by atoms with Crippen LogP contribution in [0, 0.1) is 29.6 Å². The molecular formula is C69H82BrN13O6. The van der Waals surface area contributed by atoms with Gasteiger partial charge in [0.15, 0.2) is 0 Å². The topological polar surface area (TPSA) is 274 Å². The number of pyridine rings is 4. The molecule has 89 heavy (non-hydrogen) atoms. The van der Waals surface area contributed by atoms with Crippen LogP contribution in [-0.4, -0.2) is 115 Å². The van der Waals surface area contributed by atoms with E-state index in [1.165, 1.54) is 0 Å². The summed E-state index contributed by atoms with van der Waals surface area (Å²) in [6.45, 7) is 17.1. The van der Waals surface area contributed by atoms with Crippen molar-refractivity contribution in [3.8, 4) is 22.4 Å². The van der Waals surface area contributed by atoms with E-state index in [2.05, 4.69) is 139 Å². The lowest BCUT2D eigenvalue weighted by Gasteiger charge is -2.30. The zero-order valence-corrected chi connectivity index (χ0v) is 53.4. The molecule has 8 heterocycles. The summed E-state index contributed by atoms with van der Waals surface area (Å²) in [6.07, 6.45) is 19.9. The number of anilines is 2. The lowest BCUT2D eigenvalue weighted by atomic mass is 9.90. The van der Waals surface area contributed by atoms with E-state index in [1.807, 2.05) is 78.4 Å². The fourth-order valence-corrected chi connectivity index (χ4v) is 11.1. The third-order valence-electron chi connectivity index (χ3n) is 16.1. The predicted octanol–water partition coefficient (Wildman–Crippen LogP) is 13.0. The van der Waals surface area contributed by atoms with Gasteiger partial charge in [-0.3, -0.25) is 39.1 Å². The predicted molar refractivity (Wildman–Crippen MR) is 353 cm³/mol. The Labute approximate surface area is 529 Å². The molecule has 8 N–H and O–H groups in total. The van der Waals surface area contributed by atoms with E-state index >= 15 is 0 Å². The number of carboxylic acid groups (broad SMARTS) is 2. The maximum atomic E-state index is 14.0. The van der Waals surface area contributed by atoms with E-state index in [0.29, 0.717) is 19.5 Å². The Hall–Kier alpha value is -8.88. The molecule has 0 aliphatic carbocycles. The Kier molecular flexibility index (Phi) is 23.3. The molecule has 2 fully saturated rings. The number of nitrogens with one attached hydrogen (secondary N) is 4. The number of aromatic nitrogens is 8. The summed E-state index contributed by atoms with van der Waals surface area (Å²) in [6, 6.07) is 32.8. The fourth-order valence-electron chi connectivity index (χ4n) is 10.9. The molecule has 0 radical (unpaired) electrons. The molecule has 0 unspecified atom stereocenters. The van der Waals surface area contributed by atoms with Crippen LogP contribution in [0.25, 0.3) is 44.2 Å². The fraction of sp³-hybridized carbons (Fsp3) is 0.362. The van der Waals surface area contributed by atoms with Crippen LogP contribution in [0.15, 0.2) is 163 Å². The van der Waals surface area contributed by atoms with Crippen molar-refractivity contribution in [2.75, 3.05) is 23.7 Å². The summed E-state index contributed by atoms with van der Waals surface area (Å²) in [7, 11) is 0. The summed E-state index contributed by atoms with van der Waals surface area (Å²) in [5, 5.41) is 26.4. The third kappa shape index (κ3) is 17.7. The minimum atomic E-state index is -0.931. The van der Waals surface area contributed by atoms with E-state index < -0.39 is 18.0 Å². The average Bonchev–Trinajstić information content (AvgIpc) is 3.62. The van der Waals surface area contributed by atoms with E-state index in [9.17, 15) is 19.2 Å². The number of carbonyl (C=O) groups is 4. The number of fused-ring (bicyclic) bond motifs is 2. The van der Waals surface area contributed by atoms with Gasteiger partial charge in [-0.15, -0.1) is 0 Å². The van der Waals surface area contributed by atoms with Crippen molar-refractivity contribution in [1.29, 1.82) is 0 Å². The highest BCUT2D eigenvalue weighted by molar-refractivity contribution is 9.10. The minimum Gasteiger partial charge on any atom is -0.481 e. The second kappa shape index (κ2) is 31.3. The number of aromatic amines is 2. The monoisotopic (exact) mass is 1270 g/mol. The number of H-pyrrole nitrogens is 2. The van der Waals surface area contributed by atoms with Gasteiger partial charge in [0.1, 0.15) is 29.8 Å². The molecule has 6 atom stereocenters. The van der Waals surface area contributed by atoms with Crippen LogP contribution in [-0.2, 0) is 25.6 Å². The van der Waals surface area contributed by atoms with Crippen molar-refractivity contribution >= 4 is 72.9 Å². The molecular weight excluding hydrogens is 1190 g/mol. The van der Waals surface area contributed by atoms with Gasteiger partial charge in [0.25, 0.3) is 0 Å². The zero-order chi connectivity index (χ0) is 63.7. The van der Waals surface area contributed by atoms with Crippen LogP contribution in [0.2, 0.25) is 0 Å². The summed E-state index contributed by atoms with van der Waals surface area (Å²) < 4.78 is 1.07. The third-order valence-corrected chi connectivity index (χ3v) is 16.7. The van der Waals surface area contributed by atoms with Crippen LogP contribution in [0.3, 0.4) is 0 Å². The number of likely N-dealkylation sites (tertiary alicyclic amines) is 2. The van der Waals surface area contributed by atoms with Gasteiger partial charge in [-0.2, -0.15) is 0 Å². The number of benzene rings is 3. The van der Waals surface area contributed by atoms with Gasteiger partial charge < -0.3 is 46.3 Å². The Balaban J connectivity index is 0.000000288. The van der Waals surface area contributed by atoms with Gasteiger partial charge in [0, 0.05) is 84.1 Å². The van der Waals surface area contributed by atoms with Crippen LogP contribution in [0.5, 0.6) is 0 Å². The molecule has 6 aromatic heterocycles. The van der Waals surface area contributed by atoms with Crippen LogP contribution >= 0.6 is 15.9 Å². The molecule has 9 aromatic rings. The molecule has 11 rings (SSSR count). The number of hydrogen-bond acceptors (Lipinski definition) is 13. The number of carbonyl (C=O) groups excluding carboxylic acids is 2. The molecule has 2 aliphatic rings. The lowest BCUT2D eigenvalue weighted by molar-refractivity contribution is -0.143. The van der Waals surface area contributed by atoms with Crippen LogP contribution in [0.4, 0.5) is 11.4 Å². The number of nitrogens with two attached hydrogens (primary N) is 1. The summed E-state index contributed by atoms with van der Waals surface area (Å²) in [5.41, 5.74) is 14.0. The minimum absolute atomic E-state index is 0.0208. The summed E-state index contributed by atoms with van der Waals surface area (Å²) in [5.74, 6) is 0.258. The number of rotatable bonds is 18. The maximum absolute atomic E-state index is 14.0. The van der Waals surface area contributed by atoms with Crippen molar-refractivity contribution in [2.45, 2.75) is 118 Å². The standard InChI is InChI=1S/C48H52N10O2.C11H15NO2.C5H4BrN.C5H11NO2/c1-29(2)43(52-36-15-19-49-20-16-36)47(59)57-23-5-7-41(57)45-51-28-40(56-45)35-12-11-31-25-32(9-10-33(31)26-35)34-13-14-38-39(27-34)55-46(54-38)42-8-6-24-58(42)48(60)44(30(3)4)53-37-17-21-50-22-18-37;1-8(2)10(11(13)14)7-9-3-5-12-6-4-9;6-5-1-3-7-4-2-5;1-3(2)4(6)5(7)8/h9-22,25-30,41-44H,5-8,23-24H2,1-4H3,(H,49,52)(H,50,53)(H,51,56)(H,54,55);3-6,8,10H,7H2,1-2H3,(H,13,14);1-4H;3-4H,6H2,1-2H3,(H,7,8)/t41-,42-,43-,44-;10-;;4-/m00.0/s1. The number of imidazole rings is 2. The van der Waals surface area contributed by atoms with Gasteiger partial charge >= 0.3 is 11.9 Å². The van der Waals surface area contributed by atoms with E-state index in [1.54, 1.807) is 63.4 Å². The largest absolute Gasteiger partial charge is 0.481 e. The Morgan fingerprint density at radius 1 is 0.573 bits per heavy atom. The second-order valence-corrected chi connectivity index (χ2v) is 24.8. The molecule has 20 heteroatoms. The maximum Gasteiger partial charge on any atom is 0.320 e. The molecule has 2 saturated heterocycles. The van der Waals surface area contributed by atoms with E-state index in [0.717, 1.165) is 103 Å². The number of hydrogen-bond donors (Lipinski definition) is 7. The Morgan fingerprint density at radius 2 is 1.04 bits per heavy atom. The molecule has 3 aromatic carbocycles. The van der Waals surface area contributed by atoms with Gasteiger partial charge in [-0.05, 0) is 156 Å². The highest BCUT2D eigenvalue weighted by atomic mass is 79.9. The molecule has 0 spiro atoms. The molecule has 2 amide bonds. The quantitative estimate of drug-likeness (QED) is 0.0421. The first-order chi connectivity index (χ1) is 42.8. The smallest absolute Gasteiger partial charge is 0.320 e. The molecule has 0 bridgehead atoms. The summed E-state index contributed by atoms with van der Waals surface area (Å²) in [4.78, 5) is 85.8. The van der Waals surface area contributed by atoms with Crippen LogP contribution < -0.4 is 16.4 Å². The SMILES string of the molecule is Brc1ccncc1.CC(C)[C@H](Cc1ccncc1)C(=O)O.CC(C)[C@H](N)C(=O)O.CC(C)[C@H](Nc1ccncc1)C(=O)N1CCC[C@H]1c1ncc(-c2ccc3cc(-c4ccc5nc([C@@H]6CCCN6C(=O)[C@@H](Nc6ccncc6)C(C)C)[nH]c5c4)ccc3c2)[nH]1. The van der Waals surface area contributed by atoms with Gasteiger partial charge in [-0.25, -0.2) is 9.97 Å². The first-order valence-electron chi connectivity index (χ1n) is 30.4. The Bertz CT molecular complexity index is 3740. The number of aliphatic carboxylic acids is 2.